The second-order valence-corrected chi connectivity index (χ2v) is 3.28. The number of nitrogens with two attached hydrogens (primary N) is 1. The Morgan fingerprint density at radius 1 is 1.50 bits per heavy atom. The van der Waals surface area contributed by atoms with Gasteiger partial charge < -0.3 is 15.8 Å². The average Bonchev–Trinajstić information content (AvgIpc) is 2.15. The van der Waals surface area contributed by atoms with Crippen LogP contribution in [-0.2, 0) is 0 Å². The van der Waals surface area contributed by atoms with Crippen molar-refractivity contribution in [1.29, 1.82) is 0 Å². The Kier molecular flexibility index (Phi) is 3.07. The second-order valence-electron chi connectivity index (χ2n) is 3.28. The SMILES string of the molecule is NC(=NO)N1CCCC(C(F)(F)F)C1. The Hall–Kier alpha value is -1.14. The highest BCUT2D eigenvalue weighted by atomic mass is 19.4. The first-order valence-electron chi connectivity index (χ1n) is 4.24. The lowest BCUT2D eigenvalue weighted by Crippen LogP contribution is -2.47. The molecule has 0 aliphatic carbocycles. The molecule has 1 rings (SSSR count). The Bertz CT molecular complexity index is 229. The molecule has 7 heteroatoms. The molecule has 1 heterocycles. The molecule has 1 fully saturated rings. The fraction of sp³-hybridized carbons (Fsp3) is 0.857. The van der Waals surface area contributed by atoms with Gasteiger partial charge in [0.15, 0.2) is 0 Å². The van der Waals surface area contributed by atoms with Crippen LogP contribution in [0.3, 0.4) is 0 Å². The average molecular weight is 211 g/mol. The monoisotopic (exact) mass is 211 g/mol. The smallest absolute Gasteiger partial charge is 0.393 e. The summed E-state index contributed by atoms with van der Waals surface area (Å²) in [6.45, 7) is 0.182. The number of guanidine groups is 1. The van der Waals surface area contributed by atoms with E-state index < -0.39 is 12.1 Å². The lowest BCUT2D eigenvalue weighted by atomic mass is 9.98. The largest absolute Gasteiger partial charge is 0.408 e. The highest BCUT2D eigenvalue weighted by Gasteiger charge is 2.42. The van der Waals surface area contributed by atoms with Gasteiger partial charge in [-0.1, -0.05) is 5.16 Å². The number of halogens is 3. The molecule has 4 nitrogen and oxygen atoms in total. The van der Waals surface area contributed by atoms with Crippen molar-refractivity contribution in [2.45, 2.75) is 19.0 Å². The summed E-state index contributed by atoms with van der Waals surface area (Å²) in [5.41, 5.74) is 5.21. The molecule has 0 spiro atoms. The first kappa shape index (κ1) is 10.9. The van der Waals surface area contributed by atoms with E-state index in [-0.39, 0.29) is 18.9 Å². The van der Waals surface area contributed by atoms with Gasteiger partial charge in [0.2, 0.25) is 5.96 Å². The maximum absolute atomic E-state index is 12.3. The van der Waals surface area contributed by atoms with Crippen molar-refractivity contribution in [3.05, 3.63) is 0 Å². The van der Waals surface area contributed by atoms with Crippen LogP contribution >= 0.6 is 0 Å². The molecule has 0 radical (unpaired) electrons. The molecule has 1 atom stereocenters. The minimum Gasteiger partial charge on any atom is -0.408 e. The lowest BCUT2D eigenvalue weighted by molar-refractivity contribution is -0.183. The molecule has 0 amide bonds. The van der Waals surface area contributed by atoms with Crippen LogP contribution in [0.15, 0.2) is 5.16 Å². The summed E-state index contributed by atoms with van der Waals surface area (Å²) in [5.74, 6) is -1.63. The van der Waals surface area contributed by atoms with E-state index in [0.717, 1.165) is 0 Å². The predicted octanol–water partition coefficient (Wildman–Crippen LogP) is 0.965. The normalized spacial score (nSPS) is 25.2. The van der Waals surface area contributed by atoms with Crippen molar-refractivity contribution in [2.24, 2.45) is 16.8 Å². The third-order valence-electron chi connectivity index (χ3n) is 2.31. The standard InChI is InChI=1S/C7H12F3N3O/c8-7(9,10)5-2-1-3-13(4-5)6(11)12-14/h5,14H,1-4H2,(H2,11,12). The number of oxime groups is 1. The van der Waals surface area contributed by atoms with Crippen molar-refractivity contribution in [3.63, 3.8) is 0 Å². The topological polar surface area (TPSA) is 61.9 Å². The number of hydrogen-bond donors (Lipinski definition) is 2. The minimum atomic E-state index is -4.20. The molecule has 14 heavy (non-hydrogen) atoms. The Morgan fingerprint density at radius 3 is 2.64 bits per heavy atom. The summed E-state index contributed by atoms with van der Waals surface area (Å²) in [6.07, 6.45) is -3.69. The zero-order valence-electron chi connectivity index (χ0n) is 7.46. The van der Waals surface area contributed by atoms with Crippen LogP contribution in [0.4, 0.5) is 13.2 Å². The van der Waals surface area contributed by atoms with E-state index in [9.17, 15) is 13.2 Å². The molecule has 0 saturated carbocycles. The zero-order chi connectivity index (χ0) is 10.8. The fourth-order valence-electron chi connectivity index (χ4n) is 1.52. The molecule has 0 aromatic carbocycles. The third-order valence-corrected chi connectivity index (χ3v) is 2.31. The molecule has 1 aliphatic heterocycles. The van der Waals surface area contributed by atoms with Crippen LogP contribution in [0.25, 0.3) is 0 Å². The molecule has 0 aromatic rings. The van der Waals surface area contributed by atoms with Crippen LogP contribution in [0.2, 0.25) is 0 Å². The van der Waals surface area contributed by atoms with Gasteiger partial charge in [-0.05, 0) is 12.8 Å². The van der Waals surface area contributed by atoms with E-state index in [4.69, 9.17) is 10.9 Å². The van der Waals surface area contributed by atoms with Crippen molar-refractivity contribution < 1.29 is 18.4 Å². The number of alkyl halides is 3. The summed E-state index contributed by atoms with van der Waals surface area (Å²) >= 11 is 0. The van der Waals surface area contributed by atoms with Crippen molar-refractivity contribution in [3.8, 4) is 0 Å². The molecule has 3 N–H and O–H groups in total. The van der Waals surface area contributed by atoms with Crippen LogP contribution in [0.1, 0.15) is 12.8 Å². The van der Waals surface area contributed by atoms with Gasteiger partial charge in [-0.3, -0.25) is 0 Å². The van der Waals surface area contributed by atoms with Crippen LogP contribution in [0, 0.1) is 5.92 Å². The maximum Gasteiger partial charge on any atom is 0.393 e. The number of likely N-dealkylation sites (tertiary alicyclic amines) is 1. The first-order valence-corrected chi connectivity index (χ1v) is 4.24. The number of rotatable bonds is 0. The van der Waals surface area contributed by atoms with E-state index in [0.29, 0.717) is 13.0 Å². The number of nitrogens with zero attached hydrogens (tertiary/aromatic N) is 2. The molecular weight excluding hydrogens is 199 g/mol. The Balaban J connectivity index is 2.61. The minimum absolute atomic E-state index is 0.110. The molecule has 82 valence electrons. The molecular formula is C7H12F3N3O. The van der Waals surface area contributed by atoms with E-state index in [1.165, 1.54) is 4.90 Å². The van der Waals surface area contributed by atoms with Gasteiger partial charge >= 0.3 is 6.18 Å². The Labute approximate surface area is 79.2 Å². The van der Waals surface area contributed by atoms with E-state index in [1.54, 1.807) is 0 Å². The van der Waals surface area contributed by atoms with Gasteiger partial charge in [0.1, 0.15) is 0 Å². The number of piperidine rings is 1. The van der Waals surface area contributed by atoms with Crippen LogP contribution < -0.4 is 5.73 Å². The molecule has 0 aromatic heterocycles. The van der Waals surface area contributed by atoms with Gasteiger partial charge in [-0.15, -0.1) is 0 Å². The summed E-state index contributed by atoms with van der Waals surface area (Å²) in [6, 6.07) is 0. The van der Waals surface area contributed by atoms with Crippen molar-refractivity contribution >= 4 is 5.96 Å². The highest BCUT2D eigenvalue weighted by Crippen LogP contribution is 2.32. The van der Waals surface area contributed by atoms with Gasteiger partial charge in [-0.2, -0.15) is 13.2 Å². The third kappa shape index (κ3) is 2.43. The summed E-state index contributed by atoms with van der Waals surface area (Å²) in [7, 11) is 0. The summed E-state index contributed by atoms with van der Waals surface area (Å²) < 4.78 is 36.9. The van der Waals surface area contributed by atoms with Crippen LogP contribution in [0.5, 0.6) is 0 Å². The van der Waals surface area contributed by atoms with Gasteiger partial charge in [-0.25, -0.2) is 0 Å². The van der Waals surface area contributed by atoms with Crippen molar-refractivity contribution in [1.82, 2.24) is 4.90 Å². The zero-order valence-corrected chi connectivity index (χ0v) is 7.46. The molecule has 1 aliphatic rings. The fourth-order valence-corrected chi connectivity index (χ4v) is 1.52. The summed E-state index contributed by atoms with van der Waals surface area (Å²) in [4.78, 5) is 1.24. The van der Waals surface area contributed by atoms with Gasteiger partial charge in [0.25, 0.3) is 0 Å². The molecule has 0 bridgehead atoms. The first-order chi connectivity index (χ1) is 6.45. The number of hydrogen-bond acceptors (Lipinski definition) is 2. The molecule has 1 saturated heterocycles. The quantitative estimate of drug-likeness (QED) is 0.271. The lowest BCUT2D eigenvalue weighted by Gasteiger charge is -2.33. The van der Waals surface area contributed by atoms with E-state index in [2.05, 4.69) is 5.16 Å². The molecule has 1 unspecified atom stereocenters. The maximum atomic E-state index is 12.3. The van der Waals surface area contributed by atoms with E-state index >= 15 is 0 Å². The van der Waals surface area contributed by atoms with Gasteiger partial charge in [0.05, 0.1) is 5.92 Å². The second kappa shape index (κ2) is 3.93. The Morgan fingerprint density at radius 2 is 2.14 bits per heavy atom. The van der Waals surface area contributed by atoms with E-state index in [1.807, 2.05) is 0 Å². The van der Waals surface area contributed by atoms with Crippen LogP contribution in [-0.4, -0.2) is 35.3 Å². The predicted molar refractivity (Wildman–Crippen MR) is 43.8 cm³/mol. The van der Waals surface area contributed by atoms with Gasteiger partial charge in [0, 0.05) is 13.1 Å². The summed E-state index contributed by atoms with van der Waals surface area (Å²) in [5, 5.41) is 11.0. The highest BCUT2D eigenvalue weighted by molar-refractivity contribution is 5.77. The van der Waals surface area contributed by atoms with Crippen molar-refractivity contribution in [2.75, 3.05) is 13.1 Å².